The third kappa shape index (κ3) is 3.80. The van der Waals surface area contributed by atoms with Gasteiger partial charge in [-0.05, 0) is 12.3 Å². The maximum absolute atomic E-state index is 11.4. The van der Waals surface area contributed by atoms with Crippen LogP contribution in [0.25, 0.3) is 0 Å². The third-order valence-corrected chi connectivity index (χ3v) is 2.11. The zero-order chi connectivity index (χ0) is 11.1. The second-order valence-corrected chi connectivity index (χ2v) is 3.54. The minimum absolute atomic E-state index is 0.0681. The molecule has 0 heterocycles. The lowest BCUT2D eigenvalue weighted by Crippen LogP contribution is -2.46. The Morgan fingerprint density at radius 3 is 2.43 bits per heavy atom. The van der Waals surface area contributed by atoms with E-state index in [9.17, 15) is 4.79 Å². The van der Waals surface area contributed by atoms with E-state index in [1.165, 1.54) is 7.11 Å². The summed E-state index contributed by atoms with van der Waals surface area (Å²) in [6, 6.07) is -0.387. The lowest BCUT2D eigenvalue weighted by Gasteiger charge is -2.22. The van der Waals surface area contributed by atoms with Crippen molar-refractivity contribution in [2.75, 3.05) is 7.11 Å². The van der Waals surface area contributed by atoms with E-state index in [2.05, 4.69) is 11.2 Å². The van der Waals surface area contributed by atoms with Crippen molar-refractivity contribution in [3.05, 3.63) is 0 Å². The molecular formula is C11H19NO2. The van der Waals surface area contributed by atoms with Crippen LogP contribution in [-0.4, -0.2) is 25.2 Å². The number of hydrogen-bond acceptors (Lipinski definition) is 3. The number of terminal acetylenes is 1. The van der Waals surface area contributed by atoms with Gasteiger partial charge >= 0.3 is 5.97 Å². The van der Waals surface area contributed by atoms with Gasteiger partial charge in [0.05, 0.1) is 13.2 Å². The van der Waals surface area contributed by atoms with Gasteiger partial charge in [0, 0.05) is 0 Å². The van der Waals surface area contributed by atoms with Gasteiger partial charge in [-0.2, -0.15) is 0 Å². The Morgan fingerprint density at radius 2 is 2.14 bits per heavy atom. The lowest BCUT2D eigenvalue weighted by molar-refractivity contribution is -0.144. The summed E-state index contributed by atoms with van der Waals surface area (Å²) >= 11 is 0. The van der Waals surface area contributed by atoms with E-state index >= 15 is 0 Å². The smallest absolute Gasteiger partial charge is 0.323 e. The predicted molar refractivity (Wildman–Crippen MR) is 56.7 cm³/mol. The number of nitrogens with one attached hydrogen (secondary N) is 1. The highest BCUT2D eigenvalue weighted by atomic mass is 16.5. The van der Waals surface area contributed by atoms with Gasteiger partial charge in [0.2, 0.25) is 0 Å². The highest BCUT2D eigenvalue weighted by Crippen LogP contribution is 2.05. The number of esters is 1. The van der Waals surface area contributed by atoms with Crippen molar-refractivity contribution >= 4 is 5.97 Å². The minimum atomic E-state index is -0.319. The second kappa shape index (κ2) is 6.44. The van der Waals surface area contributed by atoms with E-state index in [0.29, 0.717) is 0 Å². The molecule has 0 aromatic carbocycles. The van der Waals surface area contributed by atoms with Gasteiger partial charge in [-0.15, -0.1) is 6.42 Å². The molecule has 1 N–H and O–H groups in total. The normalized spacial score (nSPS) is 14.6. The van der Waals surface area contributed by atoms with Gasteiger partial charge in [0.1, 0.15) is 6.04 Å². The average molecular weight is 197 g/mol. The first-order valence-electron chi connectivity index (χ1n) is 4.86. The zero-order valence-electron chi connectivity index (χ0n) is 9.33. The molecule has 0 aromatic heterocycles. The zero-order valence-corrected chi connectivity index (χ0v) is 9.33. The molecule has 2 atom stereocenters. The summed E-state index contributed by atoms with van der Waals surface area (Å²) in [7, 11) is 1.39. The molecule has 3 nitrogen and oxygen atoms in total. The molecule has 14 heavy (non-hydrogen) atoms. The minimum Gasteiger partial charge on any atom is -0.468 e. The van der Waals surface area contributed by atoms with Gasteiger partial charge in [-0.25, -0.2) is 0 Å². The summed E-state index contributed by atoms with van der Waals surface area (Å²) < 4.78 is 4.69. The number of carbonyl (C=O) groups is 1. The van der Waals surface area contributed by atoms with E-state index in [1.807, 2.05) is 20.8 Å². The summed E-state index contributed by atoms with van der Waals surface area (Å²) in [5.74, 6) is 2.51. The molecule has 0 aromatic rings. The largest absolute Gasteiger partial charge is 0.468 e. The van der Waals surface area contributed by atoms with Gasteiger partial charge in [0.15, 0.2) is 0 Å². The first-order valence-corrected chi connectivity index (χ1v) is 4.86. The van der Waals surface area contributed by atoms with Crippen LogP contribution in [0, 0.1) is 18.3 Å². The quantitative estimate of drug-likeness (QED) is 0.531. The van der Waals surface area contributed by atoms with E-state index in [4.69, 9.17) is 11.2 Å². The summed E-state index contributed by atoms with van der Waals surface area (Å²) in [6.45, 7) is 5.89. The number of rotatable bonds is 5. The fraction of sp³-hybridized carbons (Fsp3) is 0.727. The Morgan fingerprint density at radius 1 is 1.57 bits per heavy atom. The van der Waals surface area contributed by atoms with Crippen LogP contribution in [0.5, 0.6) is 0 Å². The molecule has 80 valence electrons. The summed E-state index contributed by atoms with van der Waals surface area (Å²) in [5, 5.41) is 3.09. The van der Waals surface area contributed by atoms with Crippen LogP contribution in [0.2, 0.25) is 0 Å². The summed E-state index contributed by atoms with van der Waals surface area (Å²) in [5.41, 5.74) is 0. The van der Waals surface area contributed by atoms with Gasteiger partial charge in [-0.1, -0.05) is 26.7 Å². The third-order valence-electron chi connectivity index (χ3n) is 2.11. The standard InChI is InChI=1S/C11H19NO2/c1-6-9(7-2)12-10(8(3)4)11(13)14-5/h1,8-10,12H,7H2,2-5H3. The molecular weight excluding hydrogens is 178 g/mol. The average Bonchev–Trinajstić information content (AvgIpc) is 2.18. The van der Waals surface area contributed by atoms with Crippen molar-refractivity contribution in [1.82, 2.24) is 5.32 Å². The molecule has 0 rings (SSSR count). The van der Waals surface area contributed by atoms with Crippen LogP contribution < -0.4 is 5.32 Å². The van der Waals surface area contributed by atoms with Crippen molar-refractivity contribution in [3.8, 4) is 12.3 Å². The first kappa shape index (κ1) is 13.0. The molecule has 0 radical (unpaired) electrons. The lowest BCUT2D eigenvalue weighted by atomic mass is 10.0. The second-order valence-electron chi connectivity index (χ2n) is 3.54. The fourth-order valence-electron chi connectivity index (χ4n) is 1.16. The van der Waals surface area contributed by atoms with Crippen LogP contribution >= 0.6 is 0 Å². The van der Waals surface area contributed by atoms with Crippen molar-refractivity contribution in [3.63, 3.8) is 0 Å². The Kier molecular flexibility index (Phi) is 5.98. The van der Waals surface area contributed by atoms with Crippen LogP contribution in [0.3, 0.4) is 0 Å². The van der Waals surface area contributed by atoms with Crippen LogP contribution in [0.1, 0.15) is 27.2 Å². The van der Waals surface area contributed by atoms with E-state index in [0.717, 1.165) is 6.42 Å². The molecule has 0 amide bonds. The molecule has 0 fully saturated rings. The maximum atomic E-state index is 11.4. The monoisotopic (exact) mass is 197 g/mol. The van der Waals surface area contributed by atoms with Gasteiger partial charge < -0.3 is 4.74 Å². The molecule has 3 heteroatoms. The fourth-order valence-corrected chi connectivity index (χ4v) is 1.16. The topological polar surface area (TPSA) is 38.3 Å². The first-order chi connectivity index (χ1) is 6.56. The van der Waals surface area contributed by atoms with Gasteiger partial charge in [-0.3, -0.25) is 10.1 Å². The molecule has 0 aliphatic carbocycles. The van der Waals surface area contributed by atoms with E-state index in [-0.39, 0.29) is 24.0 Å². The maximum Gasteiger partial charge on any atom is 0.323 e. The highest BCUT2D eigenvalue weighted by molar-refractivity contribution is 5.76. The van der Waals surface area contributed by atoms with E-state index in [1.54, 1.807) is 0 Å². The molecule has 0 aliphatic heterocycles. The molecule has 0 spiro atoms. The Labute approximate surface area is 86.2 Å². The molecule has 0 saturated carbocycles. The van der Waals surface area contributed by atoms with Crippen molar-refractivity contribution in [2.45, 2.75) is 39.3 Å². The predicted octanol–water partition coefficient (Wildman–Crippen LogP) is 1.19. The molecule has 0 bridgehead atoms. The number of carbonyl (C=O) groups excluding carboxylic acids is 1. The molecule has 2 unspecified atom stereocenters. The molecule has 0 aliphatic rings. The Balaban J connectivity index is 4.38. The SMILES string of the molecule is C#CC(CC)NC(C(=O)OC)C(C)C. The Bertz CT molecular complexity index is 218. The van der Waals surface area contributed by atoms with Gasteiger partial charge in [0.25, 0.3) is 0 Å². The van der Waals surface area contributed by atoms with Crippen LogP contribution in [0.4, 0.5) is 0 Å². The number of methoxy groups -OCH3 is 1. The van der Waals surface area contributed by atoms with Crippen LogP contribution in [0.15, 0.2) is 0 Å². The van der Waals surface area contributed by atoms with Crippen LogP contribution in [-0.2, 0) is 9.53 Å². The Hall–Kier alpha value is -1.01. The van der Waals surface area contributed by atoms with Crippen molar-refractivity contribution < 1.29 is 9.53 Å². The summed E-state index contributed by atoms with van der Waals surface area (Å²) in [6.07, 6.45) is 6.11. The van der Waals surface area contributed by atoms with Crippen molar-refractivity contribution in [1.29, 1.82) is 0 Å². The van der Waals surface area contributed by atoms with Crippen molar-refractivity contribution in [2.24, 2.45) is 5.92 Å². The highest BCUT2D eigenvalue weighted by Gasteiger charge is 2.24. The number of hydrogen-bond donors (Lipinski definition) is 1. The van der Waals surface area contributed by atoms with E-state index < -0.39 is 0 Å². The summed E-state index contributed by atoms with van der Waals surface area (Å²) in [4.78, 5) is 11.4. The number of ether oxygens (including phenoxy) is 1. The molecule has 0 saturated heterocycles.